The normalized spacial score (nSPS) is 36.3. The van der Waals surface area contributed by atoms with Gasteiger partial charge in [0.1, 0.15) is 12.1 Å². The Kier molecular flexibility index (Phi) is 5.27. The number of nitrogens with one attached hydrogen (secondary N) is 2. The monoisotopic (exact) mass is 457 g/mol. The van der Waals surface area contributed by atoms with Crippen LogP contribution in [-0.2, 0) is 15.1 Å². The maximum atomic E-state index is 13.3. The highest BCUT2D eigenvalue weighted by Gasteiger charge is 2.54. The summed E-state index contributed by atoms with van der Waals surface area (Å²) in [5, 5.41) is 6.56. The fourth-order valence-electron chi connectivity index (χ4n) is 7.44. The molecule has 5 aliphatic rings. The molecule has 7 heteroatoms. The van der Waals surface area contributed by atoms with Crippen LogP contribution in [0.1, 0.15) is 64.4 Å². The number of hydrogen-bond donors (Lipinski definition) is 2. The Hall–Kier alpha value is -2.08. The number of carbonyl (C=O) groups excluding carboxylic acids is 3. The molecule has 1 heterocycles. The molecular formula is C25H32ClN3O3. The van der Waals surface area contributed by atoms with E-state index >= 15 is 0 Å². The standard InChI is InChI=1S/C25H32ClN3O3/c1-3-25(19-4-6-20(26)7-5-19)22(31)29(23(32)28-25)14-21(30)27-15(2)24-11-16-8-17(12-24)10-18(9-16)13-24/h4-7,15-18H,3,8-14H2,1-2H3,(H,27,30)(H,28,32). The van der Waals surface area contributed by atoms with Crippen LogP contribution >= 0.6 is 11.6 Å². The molecule has 4 amide bonds. The molecule has 0 spiro atoms. The van der Waals surface area contributed by atoms with E-state index in [2.05, 4.69) is 17.6 Å². The van der Waals surface area contributed by atoms with Crippen molar-refractivity contribution in [2.75, 3.05) is 6.54 Å². The van der Waals surface area contributed by atoms with Crippen LogP contribution < -0.4 is 10.6 Å². The van der Waals surface area contributed by atoms with E-state index in [1.165, 1.54) is 38.5 Å². The van der Waals surface area contributed by atoms with Crippen molar-refractivity contribution in [1.82, 2.24) is 15.5 Å². The molecule has 1 saturated heterocycles. The van der Waals surface area contributed by atoms with E-state index in [4.69, 9.17) is 11.6 Å². The van der Waals surface area contributed by atoms with Gasteiger partial charge in [0.25, 0.3) is 5.91 Å². The van der Waals surface area contributed by atoms with E-state index in [1.54, 1.807) is 24.3 Å². The zero-order valence-corrected chi connectivity index (χ0v) is 19.6. The van der Waals surface area contributed by atoms with Crippen molar-refractivity contribution in [2.45, 2.75) is 70.4 Å². The quantitative estimate of drug-likeness (QED) is 0.628. The van der Waals surface area contributed by atoms with E-state index in [9.17, 15) is 14.4 Å². The van der Waals surface area contributed by atoms with Gasteiger partial charge < -0.3 is 10.6 Å². The minimum atomic E-state index is -1.16. The lowest BCUT2D eigenvalue weighted by Crippen LogP contribution is -2.57. The van der Waals surface area contributed by atoms with Crippen molar-refractivity contribution in [3.05, 3.63) is 34.9 Å². The highest BCUT2D eigenvalue weighted by molar-refractivity contribution is 6.30. The lowest BCUT2D eigenvalue weighted by molar-refractivity contribution is -0.136. The van der Waals surface area contributed by atoms with Crippen LogP contribution in [0.5, 0.6) is 0 Å². The molecule has 32 heavy (non-hydrogen) atoms. The number of benzene rings is 1. The number of urea groups is 1. The molecule has 1 aromatic rings. The molecule has 1 aliphatic heterocycles. The lowest BCUT2D eigenvalue weighted by Gasteiger charge is -2.59. The number of rotatable bonds is 6. The molecule has 172 valence electrons. The van der Waals surface area contributed by atoms with Crippen LogP contribution in [0.15, 0.2) is 24.3 Å². The maximum Gasteiger partial charge on any atom is 0.325 e. The average Bonchev–Trinajstić information content (AvgIpc) is 2.98. The molecule has 4 bridgehead atoms. The summed E-state index contributed by atoms with van der Waals surface area (Å²) in [6.45, 7) is 3.71. The predicted octanol–water partition coefficient (Wildman–Crippen LogP) is 4.22. The van der Waals surface area contributed by atoms with Gasteiger partial charge >= 0.3 is 6.03 Å². The highest BCUT2D eigenvalue weighted by atomic mass is 35.5. The number of carbonyl (C=O) groups is 3. The summed E-state index contributed by atoms with van der Waals surface area (Å²) in [7, 11) is 0. The third-order valence-electron chi connectivity index (χ3n) is 8.73. The van der Waals surface area contributed by atoms with Gasteiger partial charge in [-0.05, 0) is 92.7 Å². The van der Waals surface area contributed by atoms with Crippen LogP contribution in [0, 0.1) is 23.2 Å². The smallest absolute Gasteiger partial charge is 0.325 e. The van der Waals surface area contributed by atoms with Gasteiger partial charge in [0.2, 0.25) is 5.91 Å². The third kappa shape index (κ3) is 3.42. The number of hydrogen-bond acceptors (Lipinski definition) is 3. The topological polar surface area (TPSA) is 78.5 Å². The fraction of sp³-hybridized carbons (Fsp3) is 0.640. The van der Waals surface area contributed by atoms with Crippen LogP contribution in [-0.4, -0.2) is 35.3 Å². The SMILES string of the molecule is CCC1(c2ccc(Cl)cc2)NC(=O)N(CC(=O)NC(C)C23CC4CC(CC(C4)C2)C3)C1=O. The fourth-order valence-corrected chi connectivity index (χ4v) is 7.56. The molecule has 0 aromatic heterocycles. The first-order valence-electron chi connectivity index (χ1n) is 11.9. The second kappa shape index (κ2) is 7.75. The number of halogens is 1. The van der Waals surface area contributed by atoms with Crippen molar-refractivity contribution >= 4 is 29.4 Å². The molecule has 2 atom stereocenters. The first-order valence-corrected chi connectivity index (χ1v) is 12.3. The maximum absolute atomic E-state index is 13.3. The van der Waals surface area contributed by atoms with E-state index in [0.717, 1.165) is 22.7 Å². The number of nitrogens with zero attached hydrogens (tertiary/aromatic N) is 1. The van der Waals surface area contributed by atoms with Gasteiger partial charge in [0.05, 0.1) is 0 Å². The second-order valence-electron chi connectivity index (χ2n) is 10.7. The summed E-state index contributed by atoms with van der Waals surface area (Å²) >= 11 is 5.99. The van der Waals surface area contributed by atoms with Crippen LogP contribution in [0.2, 0.25) is 5.02 Å². The number of imide groups is 1. The first-order chi connectivity index (χ1) is 15.2. The van der Waals surface area contributed by atoms with Crippen molar-refractivity contribution in [2.24, 2.45) is 23.2 Å². The summed E-state index contributed by atoms with van der Waals surface area (Å²) < 4.78 is 0. The van der Waals surface area contributed by atoms with E-state index in [1.807, 2.05) is 6.92 Å². The summed E-state index contributed by atoms with van der Waals surface area (Å²) in [5.41, 5.74) is -0.307. The molecule has 2 unspecified atom stereocenters. The van der Waals surface area contributed by atoms with Gasteiger partial charge in [0.15, 0.2) is 0 Å². The van der Waals surface area contributed by atoms with E-state index in [0.29, 0.717) is 17.0 Å². The largest absolute Gasteiger partial charge is 0.352 e. The second-order valence-corrected chi connectivity index (χ2v) is 11.1. The molecule has 0 radical (unpaired) electrons. The summed E-state index contributed by atoms with van der Waals surface area (Å²) in [6.07, 6.45) is 8.03. The van der Waals surface area contributed by atoms with E-state index < -0.39 is 11.6 Å². The Balaban J connectivity index is 1.28. The molecule has 5 fully saturated rings. The molecule has 2 N–H and O–H groups in total. The molecule has 6 nitrogen and oxygen atoms in total. The molecular weight excluding hydrogens is 426 g/mol. The minimum absolute atomic E-state index is 0.0522. The Labute approximate surface area is 194 Å². The first kappa shape index (κ1) is 21.7. The average molecular weight is 458 g/mol. The van der Waals surface area contributed by atoms with Gasteiger partial charge in [-0.25, -0.2) is 4.79 Å². The van der Waals surface area contributed by atoms with Gasteiger partial charge in [-0.1, -0.05) is 30.7 Å². The molecule has 1 aromatic carbocycles. The zero-order chi connectivity index (χ0) is 22.7. The summed E-state index contributed by atoms with van der Waals surface area (Å²) in [6, 6.07) is 6.44. The Bertz CT molecular complexity index is 911. The van der Waals surface area contributed by atoms with Gasteiger partial charge in [-0.15, -0.1) is 0 Å². The summed E-state index contributed by atoms with van der Waals surface area (Å²) in [5.74, 6) is 1.76. The van der Waals surface area contributed by atoms with Crippen LogP contribution in [0.3, 0.4) is 0 Å². The van der Waals surface area contributed by atoms with Crippen LogP contribution in [0.4, 0.5) is 4.79 Å². The predicted molar refractivity (Wildman–Crippen MR) is 122 cm³/mol. The number of amides is 4. The Morgan fingerprint density at radius 2 is 1.69 bits per heavy atom. The Morgan fingerprint density at radius 1 is 1.12 bits per heavy atom. The van der Waals surface area contributed by atoms with Crippen molar-refractivity contribution in [3.8, 4) is 0 Å². The molecule has 4 aliphatic carbocycles. The van der Waals surface area contributed by atoms with Gasteiger partial charge in [-0.3, -0.25) is 14.5 Å². The third-order valence-corrected chi connectivity index (χ3v) is 8.98. The van der Waals surface area contributed by atoms with Gasteiger partial charge in [0, 0.05) is 11.1 Å². The molecule has 4 saturated carbocycles. The highest BCUT2D eigenvalue weighted by Crippen LogP contribution is 2.61. The molecule has 6 rings (SSSR count). The summed E-state index contributed by atoms with van der Waals surface area (Å²) in [4.78, 5) is 40.1. The Morgan fingerprint density at radius 3 is 2.22 bits per heavy atom. The van der Waals surface area contributed by atoms with Crippen molar-refractivity contribution in [3.63, 3.8) is 0 Å². The lowest BCUT2D eigenvalue weighted by atomic mass is 9.48. The zero-order valence-electron chi connectivity index (χ0n) is 18.8. The van der Waals surface area contributed by atoms with Crippen LogP contribution in [0.25, 0.3) is 0 Å². The van der Waals surface area contributed by atoms with Crippen molar-refractivity contribution in [1.29, 1.82) is 0 Å². The van der Waals surface area contributed by atoms with E-state index in [-0.39, 0.29) is 29.8 Å². The minimum Gasteiger partial charge on any atom is -0.352 e. The van der Waals surface area contributed by atoms with Crippen molar-refractivity contribution < 1.29 is 14.4 Å². The van der Waals surface area contributed by atoms with Gasteiger partial charge in [-0.2, -0.15) is 0 Å².